The minimum absolute atomic E-state index is 0.227. The van der Waals surface area contributed by atoms with Gasteiger partial charge in [0.15, 0.2) is 0 Å². The van der Waals surface area contributed by atoms with Gasteiger partial charge in [0, 0.05) is 29.6 Å². The molecule has 5 rings (SSSR count). The SMILES string of the molecule is CC1(O)c2ccccc2-c2c(N3CCC(O)CC3)nc3ccccc3c21. The number of aliphatic hydroxyl groups is 2. The van der Waals surface area contributed by atoms with Crippen molar-refractivity contribution in [3.8, 4) is 11.1 Å². The van der Waals surface area contributed by atoms with Crippen molar-refractivity contribution in [2.75, 3.05) is 18.0 Å². The third kappa shape index (κ3) is 2.12. The highest BCUT2D eigenvalue weighted by Crippen LogP contribution is 2.53. The summed E-state index contributed by atoms with van der Waals surface area (Å²) < 4.78 is 0. The molecule has 1 unspecified atom stereocenters. The topological polar surface area (TPSA) is 56.6 Å². The number of aliphatic hydroxyl groups excluding tert-OH is 1. The molecule has 1 aromatic heterocycles. The lowest BCUT2D eigenvalue weighted by molar-refractivity contribution is 0.109. The van der Waals surface area contributed by atoms with Crippen LogP contribution in [0.2, 0.25) is 0 Å². The molecule has 4 nitrogen and oxygen atoms in total. The summed E-state index contributed by atoms with van der Waals surface area (Å²) in [7, 11) is 0. The van der Waals surface area contributed by atoms with Gasteiger partial charge in [0.05, 0.1) is 11.6 Å². The minimum Gasteiger partial charge on any atom is -0.393 e. The summed E-state index contributed by atoms with van der Waals surface area (Å²) in [5.74, 6) is 0.927. The zero-order chi connectivity index (χ0) is 17.9. The maximum absolute atomic E-state index is 11.5. The third-order valence-electron chi connectivity index (χ3n) is 5.85. The molecule has 2 aromatic carbocycles. The average molecular weight is 346 g/mol. The predicted molar refractivity (Wildman–Crippen MR) is 103 cm³/mol. The fourth-order valence-corrected chi connectivity index (χ4v) is 4.53. The highest BCUT2D eigenvalue weighted by Gasteiger charge is 2.41. The monoisotopic (exact) mass is 346 g/mol. The molecule has 1 saturated heterocycles. The van der Waals surface area contributed by atoms with Gasteiger partial charge in [0.2, 0.25) is 0 Å². The van der Waals surface area contributed by atoms with E-state index in [0.717, 1.165) is 64.9 Å². The van der Waals surface area contributed by atoms with E-state index >= 15 is 0 Å². The number of piperidine rings is 1. The van der Waals surface area contributed by atoms with Crippen molar-refractivity contribution >= 4 is 16.7 Å². The molecule has 132 valence electrons. The van der Waals surface area contributed by atoms with E-state index in [0.29, 0.717) is 0 Å². The number of aromatic nitrogens is 1. The molecule has 0 spiro atoms. The fraction of sp³-hybridized carbons (Fsp3) is 0.318. The van der Waals surface area contributed by atoms with E-state index in [1.807, 2.05) is 49.4 Å². The fourth-order valence-electron chi connectivity index (χ4n) is 4.53. The van der Waals surface area contributed by atoms with Crippen molar-refractivity contribution in [1.82, 2.24) is 4.98 Å². The van der Waals surface area contributed by atoms with Crippen LogP contribution in [0.4, 0.5) is 5.82 Å². The van der Waals surface area contributed by atoms with Crippen molar-refractivity contribution in [2.45, 2.75) is 31.5 Å². The van der Waals surface area contributed by atoms with Gasteiger partial charge in [-0.1, -0.05) is 42.5 Å². The summed E-state index contributed by atoms with van der Waals surface area (Å²) in [5.41, 5.74) is 3.85. The molecule has 0 amide bonds. The number of benzene rings is 2. The van der Waals surface area contributed by atoms with Crippen LogP contribution in [0.1, 0.15) is 30.9 Å². The smallest absolute Gasteiger partial charge is 0.137 e. The molecule has 2 heterocycles. The van der Waals surface area contributed by atoms with Crippen LogP contribution in [0.15, 0.2) is 48.5 Å². The standard InChI is InChI=1S/C22H22N2O2/c1-22(26)17-8-4-2-6-15(17)19-20(22)16-7-3-5-9-18(16)23-21(19)24-12-10-14(25)11-13-24/h2-9,14,25-26H,10-13H2,1H3. The Bertz CT molecular complexity index is 1000. The Morgan fingerprint density at radius 3 is 2.54 bits per heavy atom. The molecule has 2 aliphatic rings. The normalized spacial score (nSPS) is 22.5. The van der Waals surface area contributed by atoms with Crippen LogP contribution in [0.25, 0.3) is 22.0 Å². The van der Waals surface area contributed by atoms with Crippen LogP contribution in [-0.2, 0) is 5.60 Å². The molecule has 1 fully saturated rings. The maximum atomic E-state index is 11.5. The van der Waals surface area contributed by atoms with E-state index in [2.05, 4.69) is 11.0 Å². The summed E-state index contributed by atoms with van der Waals surface area (Å²) in [6.07, 6.45) is 1.28. The van der Waals surface area contributed by atoms with Crippen LogP contribution in [-0.4, -0.2) is 34.4 Å². The molecular weight excluding hydrogens is 324 g/mol. The Hall–Kier alpha value is -2.43. The van der Waals surface area contributed by atoms with Crippen molar-refractivity contribution in [2.24, 2.45) is 0 Å². The van der Waals surface area contributed by atoms with E-state index in [1.165, 1.54) is 0 Å². The Morgan fingerprint density at radius 1 is 1.04 bits per heavy atom. The first-order valence-corrected chi connectivity index (χ1v) is 9.26. The third-order valence-corrected chi connectivity index (χ3v) is 5.85. The minimum atomic E-state index is -1.04. The summed E-state index contributed by atoms with van der Waals surface area (Å²) in [6, 6.07) is 16.1. The van der Waals surface area contributed by atoms with Crippen molar-refractivity contribution in [3.63, 3.8) is 0 Å². The number of pyridine rings is 1. The summed E-state index contributed by atoms with van der Waals surface area (Å²) in [6.45, 7) is 3.44. The summed E-state index contributed by atoms with van der Waals surface area (Å²) >= 11 is 0. The molecule has 0 radical (unpaired) electrons. The molecule has 3 aromatic rings. The molecule has 26 heavy (non-hydrogen) atoms. The predicted octanol–water partition coefficient (Wildman–Crippen LogP) is 3.43. The van der Waals surface area contributed by atoms with Crippen molar-refractivity contribution in [1.29, 1.82) is 0 Å². The first-order valence-electron chi connectivity index (χ1n) is 9.26. The van der Waals surface area contributed by atoms with Crippen LogP contribution >= 0.6 is 0 Å². The number of rotatable bonds is 1. The summed E-state index contributed by atoms with van der Waals surface area (Å²) in [5, 5.41) is 22.4. The Kier molecular flexibility index (Phi) is 3.36. The second-order valence-corrected chi connectivity index (χ2v) is 7.54. The first-order chi connectivity index (χ1) is 12.6. The number of anilines is 1. The molecule has 1 aliphatic heterocycles. The van der Waals surface area contributed by atoms with Crippen LogP contribution in [0.3, 0.4) is 0 Å². The zero-order valence-electron chi connectivity index (χ0n) is 14.8. The number of hydrogen-bond acceptors (Lipinski definition) is 4. The second-order valence-electron chi connectivity index (χ2n) is 7.54. The van der Waals surface area contributed by atoms with Gasteiger partial charge in [0.1, 0.15) is 11.4 Å². The van der Waals surface area contributed by atoms with E-state index in [4.69, 9.17) is 4.98 Å². The number of hydrogen-bond donors (Lipinski definition) is 2. The molecule has 1 atom stereocenters. The average Bonchev–Trinajstić information content (AvgIpc) is 2.90. The first kappa shape index (κ1) is 15.8. The van der Waals surface area contributed by atoms with Gasteiger partial charge in [0.25, 0.3) is 0 Å². The molecule has 0 saturated carbocycles. The lowest BCUT2D eigenvalue weighted by Crippen LogP contribution is -2.36. The van der Waals surface area contributed by atoms with E-state index in [-0.39, 0.29) is 6.10 Å². The highest BCUT2D eigenvalue weighted by molar-refractivity contribution is 5.99. The molecular formula is C22H22N2O2. The quantitative estimate of drug-likeness (QED) is 0.709. The van der Waals surface area contributed by atoms with Crippen LogP contribution < -0.4 is 4.90 Å². The van der Waals surface area contributed by atoms with Gasteiger partial charge in [-0.25, -0.2) is 4.98 Å². The second kappa shape index (κ2) is 5.53. The zero-order valence-corrected chi connectivity index (χ0v) is 14.8. The molecule has 4 heteroatoms. The Morgan fingerprint density at radius 2 is 1.73 bits per heavy atom. The van der Waals surface area contributed by atoms with E-state index in [9.17, 15) is 10.2 Å². The molecule has 2 N–H and O–H groups in total. The Balaban J connectivity index is 1.83. The largest absolute Gasteiger partial charge is 0.393 e. The number of para-hydroxylation sites is 1. The van der Waals surface area contributed by atoms with Gasteiger partial charge < -0.3 is 15.1 Å². The summed E-state index contributed by atoms with van der Waals surface area (Å²) in [4.78, 5) is 7.25. The number of nitrogens with zero attached hydrogens (tertiary/aromatic N) is 2. The van der Waals surface area contributed by atoms with Crippen molar-refractivity contribution in [3.05, 3.63) is 59.7 Å². The van der Waals surface area contributed by atoms with Crippen molar-refractivity contribution < 1.29 is 10.2 Å². The molecule has 1 aliphatic carbocycles. The van der Waals surface area contributed by atoms with Crippen LogP contribution in [0, 0.1) is 0 Å². The maximum Gasteiger partial charge on any atom is 0.137 e. The van der Waals surface area contributed by atoms with Gasteiger partial charge in [-0.3, -0.25) is 0 Å². The lowest BCUT2D eigenvalue weighted by Gasteiger charge is -2.32. The Labute approximate surface area is 152 Å². The van der Waals surface area contributed by atoms with Gasteiger partial charge in [-0.05, 0) is 37.0 Å². The van der Waals surface area contributed by atoms with Crippen LogP contribution in [0.5, 0.6) is 0 Å². The van der Waals surface area contributed by atoms with Gasteiger partial charge in [-0.15, -0.1) is 0 Å². The van der Waals surface area contributed by atoms with E-state index in [1.54, 1.807) is 0 Å². The number of fused-ring (bicyclic) bond motifs is 5. The van der Waals surface area contributed by atoms with Gasteiger partial charge >= 0.3 is 0 Å². The van der Waals surface area contributed by atoms with E-state index < -0.39 is 5.60 Å². The van der Waals surface area contributed by atoms with Gasteiger partial charge in [-0.2, -0.15) is 0 Å². The lowest BCUT2D eigenvalue weighted by atomic mass is 9.91. The highest BCUT2D eigenvalue weighted by atomic mass is 16.3. The molecule has 0 bridgehead atoms.